The van der Waals surface area contributed by atoms with Crippen LogP contribution < -0.4 is 15.5 Å². The van der Waals surface area contributed by atoms with Crippen LogP contribution in [-0.2, 0) is 0 Å². The molecule has 0 amide bonds. The molecule has 2 N–H and O–H groups in total. The second-order valence-electron chi connectivity index (χ2n) is 6.39. The molecule has 1 fully saturated rings. The minimum absolute atomic E-state index is 0.434. The van der Waals surface area contributed by atoms with E-state index in [0.29, 0.717) is 17.0 Å². The van der Waals surface area contributed by atoms with Crippen molar-refractivity contribution >= 4 is 35.2 Å². The molecule has 0 bridgehead atoms. The zero-order valence-electron chi connectivity index (χ0n) is 16.4. The highest BCUT2D eigenvalue weighted by atomic mass is 32.1. The van der Waals surface area contributed by atoms with Crippen LogP contribution in [0.25, 0.3) is 0 Å². The van der Waals surface area contributed by atoms with Gasteiger partial charge in [-0.1, -0.05) is 0 Å². The molecule has 9 nitrogen and oxygen atoms in total. The molecule has 2 aromatic rings. The van der Waals surface area contributed by atoms with Gasteiger partial charge >= 0.3 is 0 Å². The number of hydrogen-bond acceptors (Lipinski definition) is 6. The molecule has 0 unspecified atom stereocenters. The highest BCUT2D eigenvalue weighted by molar-refractivity contribution is 7.80. The molecule has 0 aromatic carbocycles. The standard InChI is InChI=1S/C18H25N9S/c1-4-19-18(28)25-17(24-15-22-13(2)12-14(3)23-15)27-10-8-26(9-11-27)16-20-6-5-7-21-16/h5-7,12H,4,8-11H2,1-3H3,(H2,19,22,23,24,25,28). The Morgan fingerprint density at radius 2 is 1.75 bits per heavy atom. The van der Waals surface area contributed by atoms with Gasteiger partial charge in [0.15, 0.2) is 5.11 Å². The SMILES string of the molecule is CCNC(=S)/N=C(/Nc1nc(C)cc(C)n1)N1CCN(c2ncccn2)CC1. The van der Waals surface area contributed by atoms with Gasteiger partial charge in [0.1, 0.15) is 0 Å². The normalized spacial score (nSPS) is 14.8. The van der Waals surface area contributed by atoms with Crippen molar-refractivity contribution in [2.45, 2.75) is 20.8 Å². The zero-order valence-corrected chi connectivity index (χ0v) is 17.2. The van der Waals surface area contributed by atoms with Gasteiger partial charge in [-0.15, -0.1) is 0 Å². The van der Waals surface area contributed by atoms with Gasteiger partial charge in [-0.25, -0.2) is 19.9 Å². The van der Waals surface area contributed by atoms with Crippen LogP contribution in [0.1, 0.15) is 18.3 Å². The summed E-state index contributed by atoms with van der Waals surface area (Å²) in [4.78, 5) is 26.4. The Hall–Kier alpha value is -2.88. The molecular formula is C18H25N9S. The van der Waals surface area contributed by atoms with E-state index in [0.717, 1.165) is 50.1 Å². The lowest BCUT2D eigenvalue weighted by atomic mass is 10.3. The Kier molecular flexibility index (Phi) is 6.64. The topological polar surface area (TPSA) is 94.5 Å². The summed E-state index contributed by atoms with van der Waals surface area (Å²) in [5.41, 5.74) is 1.80. The quantitative estimate of drug-likeness (QED) is 0.451. The van der Waals surface area contributed by atoms with Crippen molar-refractivity contribution in [3.63, 3.8) is 0 Å². The largest absolute Gasteiger partial charge is 0.361 e. The number of piperazine rings is 1. The monoisotopic (exact) mass is 399 g/mol. The first-order chi connectivity index (χ1) is 13.5. The molecule has 0 aliphatic carbocycles. The number of aliphatic imine (C=N–C) groups is 1. The van der Waals surface area contributed by atoms with Gasteiger partial charge in [0.05, 0.1) is 0 Å². The second-order valence-corrected chi connectivity index (χ2v) is 6.78. The third-order valence-electron chi connectivity index (χ3n) is 4.16. The van der Waals surface area contributed by atoms with Gasteiger partial charge in [-0.05, 0) is 45.1 Å². The lowest BCUT2D eigenvalue weighted by Crippen LogP contribution is -2.51. The van der Waals surface area contributed by atoms with E-state index in [1.807, 2.05) is 32.9 Å². The first-order valence-electron chi connectivity index (χ1n) is 9.28. The number of nitrogens with one attached hydrogen (secondary N) is 2. The maximum atomic E-state index is 5.33. The van der Waals surface area contributed by atoms with E-state index in [-0.39, 0.29) is 0 Å². The van der Waals surface area contributed by atoms with Crippen molar-refractivity contribution in [3.8, 4) is 0 Å². The number of rotatable bonds is 3. The van der Waals surface area contributed by atoms with Crippen LogP contribution >= 0.6 is 12.2 Å². The van der Waals surface area contributed by atoms with Crippen LogP contribution in [0.5, 0.6) is 0 Å². The fourth-order valence-corrected chi connectivity index (χ4v) is 3.15. The first kappa shape index (κ1) is 19.9. The van der Waals surface area contributed by atoms with E-state index in [9.17, 15) is 0 Å². The molecule has 1 aliphatic heterocycles. The van der Waals surface area contributed by atoms with Crippen molar-refractivity contribution in [2.24, 2.45) is 4.99 Å². The third kappa shape index (κ3) is 5.32. The number of nitrogens with zero attached hydrogens (tertiary/aromatic N) is 7. The molecule has 28 heavy (non-hydrogen) atoms. The highest BCUT2D eigenvalue weighted by Crippen LogP contribution is 2.12. The van der Waals surface area contributed by atoms with Crippen LogP contribution in [0.4, 0.5) is 11.9 Å². The molecule has 2 aromatic heterocycles. The minimum Gasteiger partial charge on any atom is -0.361 e. The van der Waals surface area contributed by atoms with E-state index >= 15 is 0 Å². The Morgan fingerprint density at radius 1 is 1.11 bits per heavy atom. The smallest absolute Gasteiger partial charge is 0.229 e. The summed E-state index contributed by atoms with van der Waals surface area (Å²) >= 11 is 5.33. The van der Waals surface area contributed by atoms with Crippen LogP contribution in [0.15, 0.2) is 29.5 Å². The van der Waals surface area contributed by atoms with Crippen LogP contribution in [0.3, 0.4) is 0 Å². The Balaban J connectivity index is 1.75. The van der Waals surface area contributed by atoms with Crippen molar-refractivity contribution in [2.75, 3.05) is 42.9 Å². The number of aromatic nitrogens is 4. The van der Waals surface area contributed by atoms with Gasteiger partial charge < -0.3 is 15.1 Å². The average molecular weight is 400 g/mol. The summed E-state index contributed by atoms with van der Waals surface area (Å²) in [5.74, 6) is 1.91. The van der Waals surface area contributed by atoms with Gasteiger partial charge in [-0.2, -0.15) is 4.99 Å². The lowest BCUT2D eigenvalue weighted by Gasteiger charge is -2.36. The number of thiocarbonyl (C=S) groups is 1. The summed E-state index contributed by atoms with van der Waals surface area (Å²) in [5, 5.41) is 6.75. The minimum atomic E-state index is 0.434. The molecule has 3 rings (SSSR count). The predicted molar refractivity (Wildman–Crippen MR) is 115 cm³/mol. The zero-order chi connectivity index (χ0) is 19.9. The van der Waals surface area contributed by atoms with E-state index in [4.69, 9.17) is 12.2 Å². The second kappa shape index (κ2) is 9.36. The van der Waals surface area contributed by atoms with Crippen LogP contribution in [0, 0.1) is 13.8 Å². The van der Waals surface area contributed by atoms with Crippen molar-refractivity contribution in [1.82, 2.24) is 30.2 Å². The molecule has 148 valence electrons. The number of anilines is 2. The van der Waals surface area contributed by atoms with Gasteiger partial charge in [-0.3, -0.25) is 5.32 Å². The van der Waals surface area contributed by atoms with Crippen molar-refractivity contribution < 1.29 is 0 Å². The molecule has 10 heteroatoms. The fourth-order valence-electron chi connectivity index (χ4n) is 2.92. The summed E-state index contributed by atoms with van der Waals surface area (Å²) in [6.07, 6.45) is 3.52. The van der Waals surface area contributed by atoms with E-state index in [2.05, 4.69) is 45.4 Å². The van der Waals surface area contributed by atoms with Crippen molar-refractivity contribution in [1.29, 1.82) is 0 Å². The number of hydrogen-bond donors (Lipinski definition) is 2. The molecule has 3 heterocycles. The van der Waals surface area contributed by atoms with Crippen LogP contribution in [0.2, 0.25) is 0 Å². The maximum Gasteiger partial charge on any atom is 0.229 e. The Labute approximate surface area is 170 Å². The van der Waals surface area contributed by atoms with Gasteiger partial charge in [0, 0.05) is 56.5 Å². The molecule has 0 radical (unpaired) electrons. The van der Waals surface area contributed by atoms with Crippen molar-refractivity contribution in [3.05, 3.63) is 35.9 Å². The highest BCUT2D eigenvalue weighted by Gasteiger charge is 2.22. The fraction of sp³-hybridized carbons (Fsp3) is 0.444. The summed E-state index contributed by atoms with van der Waals surface area (Å²) in [6, 6.07) is 3.75. The first-order valence-corrected chi connectivity index (χ1v) is 9.68. The van der Waals surface area contributed by atoms with Crippen LogP contribution in [-0.4, -0.2) is 68.6 Å². The van der Waals surface area contributed by atoms with E-state index in [1.165, 1.54) is 0 Å². The average Bonchev–Trinajstić information content (AvgIpc) is 2.68. The predicted octanol–water partition coefficient (Wildman–Crippen LogP) is 1.37. The summed E-state index contributed by atoms with van der Waals surface area (Å²) in [6.45, 7) is 9.67. The molecule has 0 spiro atoms. The molecular weight excluding hydrogens is 374 g/mol. The molecule has 1 aliphatic rings. The van der Waals surface area contributed by atoms with E-state index in [1.54, 1.807) is 12.4 Å². The maximum absolute atomic E-state index is 5.33. The lowest BCUT2D eigenvalue weighted by molar-refractivity contribution is 0.382. The van der Waals surface area contributed by atoms with E-state index < -0.39 is 0 Å². The summed E-state index contributed by atoms with van der Waals surface area (Å²) < 4.78 is 0. The number of aryl methyl sites for hydroxylation is 2. The molecule has 1 saturated heterocycles. The Morgan fingerprint density at radius 3 is 2.36 bits per heavy atom. The summed E-state index contributed by atoms with van der Waals surface area (Å²) in [7, 11) is 0. The third-order valence-corrected chi connectivity index (χ3v) is 4.39. The molecule has 0 saturated carbocycles. The Bertz CT molecular complexity index is 812. The molecule has 0 atom stereocenters. The van der Waals surface area contributed by atoms with Gasteiger partial charge in [0.2, 0.25) is 17.9 Å². The van der Waals surface area contributed by atoms with Gasteiger partial charge in [0.25, 0.3) is 0 Å². The number of guanidine groups is 1.